The largest absolute Gasteiger partial charge is 0.485 e. The van der Waals surface area contributed by atoms with Gasteiger partial charge in [-0.15, -0.1) is 0 Å². The molecule has 1 aromatic carbocycles. The number of rotatable bonds is 5. The Morgan fingerprint density at radius 2 is 1.85 bits per heavy atom. The predicted molar refractivity (Wildman–Crippen MR) is 91.4 cm³/mol. The normalized spacial score (nSPS) is 10.8. The minimum atomic E-state index is 0.500. The number of hydrogen-bond donors (Lipinski definition) is 0. The quantitative estimate of drug-likeness (QED) is 0.565. The van der Waals surface area contributed by atoms with E-state index in [0.717, 1.165) is 38.0 Å². The van der Waals surface area contributed by atoms with Crippen molar-refractivity contribution in [1.82, 2.24) is 9.78 Å². The standard InChI is InChI=1S/C14H15Br3N2O/c1-3-19-11(4-9(2)18-19)8-20-14-12(16)5-10(7-15)6-13(14)17/h4-6H,3,7-8H2,1-2H3. The molecular weight excluding hydrogens is 452 g/mol. The van der Waals surface area contributed by atoms with Crippen LogP contribution in [0.25, 0.3) is 0 Å². The molecule has 0 saturated heterocycles. The fourth-order valence-corrected chi connectivity index (χ4v) is 3.80. The van der Waals surface area contributed by atoms with Gasteiger partial charge in [-0.2, -0.15) is 5.10 Å². The summed E-state index contributed by atoms with van der Waals surface area (Å²) < 4.78 is 9.79. The zero-order valence-electron chi connectivity index (χ0n) is 11.3. The van der Waals surface area contributed by atoms with Crippen molar-refractivity contribution in [2.24, 2.45) is 0 Å². The van der Waals surface area contributed by atoms with Crippen molar-refractivity contribution < 1.29 is 4.74 Å². The zero-order valence-corrected chi connectivity index (χ0v) is 16.0. The molecule has 2 aromatic rings. The molecule has 0 aliphatic carbocycles. The Kier molecular flexibility index (Phi) is 5.69. The van der Waals surface area contributed by atoms with Crippen LogP contribution in [0.3, 0.4) is 0 Å². The summed E-state index contributed by atoms with van der Waals surface area (Å²) in [5.41, 5.74) is 3.28. The van der Waals surface area contributed by atoms with Crippen molar-refractivity contribution in [3.05, 3.63) is 44.1 Å². The molecule has 3 nitrogen and oxygen atoms in total. The number of hydrogen-bond acceptors (Lipinski definition) is 2. The lowest BCUT2D eigenvalue weighted by Crippen LogP contribution is -2.06. The third kappa shape index (κ3) is 3.65. The lowest BCUT2D eigenvalue weighted by Gasteiger charge is -2.12. The van der Waals surface area contributed by atoms with Crippen LogP contribution in [0.5, 0.6) is 5.75 Å². The second-order valence-corrected chi connectivity index (χ2v) is 6.67. The van der Waals surface area contributed by atoms with Gasteiger partial charge in [0.05, 0.1) is 20.3 Å². The highest BCUT2D eigenvalue weighted by atomic mass is 79.9. The van der Waals surface area contributed by atoms with Crippen LogP contribution in [0.2, 0.25) is 0 Å². The maximum atomic E-state index is 5.94. The fourth-order valence-electron chi connectivity index (χ4n) is 1.96. The lowest BCUT2D eigenvalue weighted by molar-refractivity contribution is 0.289. The summed E-state index contributed by atoms with van der Waals surface area (Å²) in [6, 6.07) is 6.16. The second-order valence-electron chi connectivity index (χ2n) is 4.40. The van der Waals surface area contributed by atoms with Crippen LogP contribution >= 0.6 is 47.8 Å². The molecule has 20 heavy (non-hydrogen) atoms. The summed E-state index contributed by atoms with van der Waals surface area (Å²) in [4.78, 5) is 0. The third-order valence-corrected chi connectivity index (χ3v) is 4.69. The highest BCUT2D eigenvalue weighted by molar-refractivity contribution is 9.11. The molecule has 6 heteroatoms. The molecule has 0 unspecified atom stereocenters. The van der Waals surface area contributed by atoms with E-state index < -0.39 is 0 Å². The minimum absolute atomic E-state index is 0.500. The van der Waals surface area contributed by atoms with Crippen LogP contribution < -0.4 is 4.74 Å². The molecule has 2 rings (SSSR count). The molecule has 0 aliphatic heterocycles. The molecule has 0 amide bonds. The molecule has 0 atom stereocenters. The van der Waals surface area contributed by atoms with Crippen molar-refractivity contribution in [3.8, 4) is 5.75 Å². The van der Waals surface area contributed by atoms with Gasteiger partial charge in [0.2, 0.25) is 0 Å². The first kappa shape index (κ1) is 16.0. The van der Waals surface area contributed by atoms with E-state index in [1.165, 1.54) is 5.56 Å². The van der Waals surface area contributed by atoms with Crippen LogP contribution in [-0.4, -0.2) is 9.78 Å². The van der Waals surface area contributed by atoms with Crippen LogP contribution in [0, 0.1) is 6.92 Å². The molecule has 0 spiro atoms. The molecule has 0 fully saturated rings. The minimum Gasteiger partial charge on any atom is -0.485 e. The van der Waals surface area contributed by atoms with Gasteiger partial charge in [-0.1, -0.05) is 15.9 Å². The summed E-state index contributed by atoms with van der Waals surface area (Å²) in [6.07, 6.45) is 0. The van der Waals surface area contributed by atoms with Crippen molar-refractivity contribution in [2.45, 2.75) is 32.3 Å². The van der Waals surface area contributed by atoms with E-state index in [9.17, 15) is 0 Å². The van der Waals surface area contributed by atoms with Gasteiger partial charge in [0.1, 0.15) is 12.4 Å². The van der Waals surface area contributed by atoms with Gasteiger partial charge in [0, 0.05) is 11.9 Å². The Morgan fingerprint density at radius 3 is 2.40 bits per heavy atom. The third-order valence-electron chi connectivity index (χ3n) is 2.86. The predicted octanol–water partition coefficient (Wildman–Crippen LogP) is 5.21. The average molecular weight is 467 g/mol. The van der Waals surface area contributed by atoms with E-state index in [-0.39, 0.29) is 0 Å². The number of halogens is 3. The van der Waals surface area contributed by atoms with Gasteiger partial charge in [-0.25, -0.2) is 0 Å². The molecular formula is C14H15Br3N2O. The van der Waals surface area contributed by atoms with E-state index in [4.69, 9.17) is 4.74 Å². The van der Waals surface area contributed by atoms with E-state index in [1.807, 2.05) is 11.6 Å². The van der Waals surface area contributed by atoms with Crippen LogP contribution in [-0.2, 0) is 18.5 Å². The molecule has 0 N–H and O–H groups in total. The van der Waals surface area contributed by atoms with Crippen LogP contribution in [0.4, 0.5) is 0 Å². The van der Waals surface area contributed by atoms with Gasteiger partial charge in [-0.05, 0) is 69.5 Å². The molecule has 1 aromatic heterocycles. The summed E-state index contributed by atoms with van der Waals surface area (Å²) in [6.45, 7) is 5.41. The van der Waals surface area contributed by atoms with Gasteiger partial charge in [0.15, 0.2) is 0 Å². The monoisotopic (exact) mass is 464 g/mol. The van der Waals surface area contributed by atoms with Gasteiger partial charge in [-0.3, -0.25) is 4.68 Å². The Hall–Kier alpha value is -0.330. The van der Waals surface area contributed by atoms with Crippen LogP contribution in [0.15, 0.2) is 27.1 Å². The lowest BCUT2D eigenvalue weighted by atomic mass is 10.2. The van der Waals surface area contributed by atoms with Crippen molar-refractivity contribution in [1.29, 1.82) is 0 Å². The Balaban J connectivity index is 2.18. The maximum Gasteiger partial charge on any atom is 0.148 e. The summed E-state index contributed by atoms with van der Waals surface area (Å²) in [5.74, 6) is 0.816. The van der Waals surface area contributed by atoms with Gasteiger partial charge < -0.3 is 4.74 Å². The summed E-state index contributed by atoms with van der Waals surface area (Å²) >= 11 is 10.6. The number of aryl methyl sites for hydroxylation is 2. The van der Waals surface area contributed by atoms with Crippen LogP contribution in [0.1, 0.15) is 23.9 Å². The molecule has 0 saturated carbocycles. The van der Waals surface area contributed by atoms with E-state index in [2.05, 4.69) is 78.0 Å². The molecule has 0 bridgehead atoms. The molecule has 0 aliphatic rings. The molecule has 108 valence electrons. The maximum absolute atomic E-state index is 5.94. The number of benzene rings is 1. The number of aromatic nitrogens is 2. The van der Waals surface area contributed by atoms with E-state index >= 15 is 0 Å². The summed E-state index contributed by atoms with van der Waals surface area (Å²) in [7, 11) is 0. The molecule has 1 heterocycles. The Morgan fingerprint density at radius 1 is 1.20 bits per heavy atom. The van der Waals surface area contributed by atoms with Crippen molar-refractivity contribution >= 4 is 47.8 Å². The SMILES string of the molecule is CCn1nc(C)cc1COc1c(Br)cc(CBr)cc1Br. The number of alkyl halides is 1. The first-order valence-electron chi connectivity index (χ1n) is 6.25. The van der Waals surface area contributed by atoms with E-state index in [1.54, 1.807) is 0 Å². The van der Waals surface area contributed by atoms with Crippen molar-refractivity contribution in [3.63, 3.8) is 0 Å². The van der Waals surface area contributed by atoms with E-state index in [0.29, 0.717) is 6.61 Å². The molecule has 0 radical (unpaired) electrons. The van der Waals surface area contributed by atoms with Crippen molar-refractivity contribution in [2.75, 3.05) is 0 Å². The highest BCUT2D eigenvalue weighted by Crippen LogP contribution is 2.35. The number of nitrogens with zero attached hydrogens (tertiary/aromatic N) is 2. The Bertz CT molecular complexity index is 587. The first-order valence-corrected chi connectivity index (χ1v) is 8.96. The first-order chi connectivity index (χ1) is 9.55. The summed E-state index contributed by atoms with van der Waals surface area (Å²) in [5, 5.41) is 5.23. The topological polar surface area (TPSA) is 27.1 Å². The number of ether oxygens (including phenoxy) is 1. The highest BCUT2D eigenvalue weighted by Gasteiger charge is 2.11. The van der Waals surface area contributed by atoms with Gasteiger partial charge >= 0.3 is 0 Å². The average Bonchev–Trinajstić information content (AvgIpc) is 2.77. The smallest absolute Gasteiger partial charge is 0.148 e. The van der Waals surface area contributed by atoms with Gasteiger partial charge in [0.25, 0.3) is 0 Å². The Labute approximate surface area is 144 Å². The fraction of sp³-hybridized carbons (Fsp3) is 0.357. The second kappa shape index (κ2) is 7.09. The zero-order chi connectivity index (χ0) is 14.7.